The van der Waals surface area contributed by atoms with E-state index in [1.807, 2.05) is 0 Å². The van der Waals surface area contributed by atoms with Crippen LogP contribution in [0.2, 0.25) is 0 Å². The minimum atomic E-state index is -3.01. The number of hydrogen-bond donors (Lipinski definition) is 0. The Labute approximate surface area is 89.2 Å². The van der Waals surface area contributed by atoms with Gasteiger partial charge < -0.3 is 0 Å². The number of rotatable bonds is 1. The van der Waals surface area contributed by atoms with Crippen LogP contribution < -0.4 is 0 Å². The second-order valence-corrected chi connectivity index (χ2v) is 4.61. The first-order valence-electron chi connectivity index (χ1n) is 5.10. The lowest BCUT2D eigenvalue weighted by atomic mass is 10.1. The lowest BCUT2D eigenvalue weighted by molar-refractivity contribution is -0.0350. The van der Waals surface area contributed by atoms with Crippen molar-refractivity contribution in [3.8, 4) is 0 Å². The van der Waals surface area contributed by atoms with Crippen LogP contribution in [0, 0.1) is 11.8 Å². The van der Waals surface area contributed by atoms with E-state index in [0.717, 1.165) is 4.68 Å². The highest BCUT2D eigenvalue weighted by Crippen LogP contribution is 2.71. The topological polar surface area (TPSA) is 17.8 Å². The molecule has 1 saturated carbocycles. The summed E-state index contributed by atoms with van der Waals surface area (Å²) in [5, 5.41) is 3.53. The fraction of sp³-hybridized carbons (Fsp3) is 0.700. The highest BCUT2D eigenvalue weighted by Gasteiger charge is 2.71. The van der Waals surface area contributed by atoms with E-state index < -0.39 is 29.9 Å². The molecule has 0 saturated heterocycles. The molecular formula is C10H10F4N2. The Kier molecular flexibility index (Phi) is 1.64. The zero-order valence-corrected chi connectivity index (χ0v) is 8.72. The van der Waals surface area contributed by atoms with Gasteiger partial charge in [0.2, 0.25) is 0 Å². The molecule has 6 heteroatoms. The Morgan fingerprint density at radius 1 is 1.38 bits per heavy atom. The summed E-state index contributed by atoms with van der Waals surface area (Å²) >= 11 is 0. The summed E-state index contributed by atoms with van der Waals surface area (Å²) in [6.45, 7) is 1.68. The number of aromatic nitrogens is 2. The van der Waals surface area contributed by atoms with Gasteiger partial charge in [-0.15, -0.1) is 0 Å². The summed E-state index contributed by atoms with van der Waals surface area (Å²) in [5.41, 5.74) is -0.676. The van der Waals surface area contributed by atoms with E-state index in [2.05, 4.69) is 5.10 Å². The molecule has 2 aliphatic carbocycles. The first-order valence-corrected chi connectivity index (χ1v) is 5.10. The molecule has 0 N–H and O–H groups in total. The summed E-state index contributed by atoms with van der Waals surface area (Å²) < 4.78 is 54.0. The van der Waals surface area contributed by atoms with Gasteiger partial charge in [-0.1, -0.05) is 6.92 Å². The highest BCUT2D eigenvalue weighted by molar-refractivity contribution is 5.47. The van der Waals surface area contributed by atoms with Gasteiger partial charge >= 0.3 is 0 Å². The number of aryl methyl sites for hydroxylation is 1. The Morgan fingerprint density at radius 3 is 2.56 bits per heavy atom. The van der Waals surface area contributed by atoms with Crippen LogP contribution in [0.4, 0.5) is 17.6 Å². The summed E-state index contributed by atoms with van der Waals surface area (Å²) in [4.78, 5) is 0. The molecule has 2 aliphatic rings. The van der Waals surface area contributed by atoms with Gasteiger partial charge in [-0.2, -0.15) is 13.9 Å². The molecule has 3 rings (SSSR count). The molecule has 1 aromatic rings. The predicted molar refractivity (Wildman–Crippen MR) is 47.5 cm³/mol. The quantitative estimate of drug-likeness (QED) is 0.683. The van der Waals surface area contributed by atoms with Crippen molar-refractivity contribution in [2.45, 2.75) is 25.2 Å². The molecule has 0 spiro atoms. The second-order valence-electron chi connectivity index (χ2n) is 4.61. The van der Waals surface area contributed by atoms with Crippen LogP contribution in [0.25, 0.3) is 0 Å². The maximum absolute atomic E-state index is 13.9. The molecule has 0 amide bonds. The van der Waals surface area contributed by atoms with Crippen LogP contribution in [0.5, 0.6) is 0 Å². The first-order chi connectivity index (χ1) is 7.37. The molecule has 0 bridgehead atoms. The Hall–Kier alpha value is -1.07. The third kappa shape index (κ3) is 0.912. The number of alkyl halides is 4. The van der Waals surface area contributed by atoms with Crippen molar-refractivity contribution in [1.29, 1.82) is 0 Å². The van der Waals surface area contributed by atoms with Crippen LogP contribution >= 0.6 is 0 Å². The van der Waals surface area contributed by atoms with Gasteiger partial charge in [0.15, 0.2) is 0 Å². The van der Waals surface area contributed by atoms with Gasteiger partial charge in [0.25, 0.3) is 12.3 Å². The molecule has 0 unspecified atom stereocenters. The van der Waals surface area contributed by atoms with E-state index in [-0.39, 0.29) is 17.2 Å². The molecule has 2 nitrogen and oxygen atoms in total. The van der Waals surface area contributed by atoms with Crippen LogP contribution in [0.15, 0.2) is 0 Å². The lowest BCUT2D eigenvalue weighted by Crippen LogP contribution is -2.19. The van der Waals surface area contributed by atoms with E-state index in [1.165, 1.54) is 7.05 Å². The lowest BCUT2D eigenvalue weighted by Gasteiger charge is -2.14. The monoisotopic (exact) mass is 234 g/mol. The minimum Gasteiger partial charge on any atom is -0.266 e. The van der Waals surface area contributed by atoms with Crippen molar-refractivity contribution in [3.05, 3.63) is 17.0 Å². The van der Waals surface area contributed by atoms with Crippen LogP contribution in [-0.4, -0.2) is 9.78 Å². The average Bonchev–Trinajstić information content (AvgIpc) is 2.58. The standard InChI is InChI=1S/C10H10F4N2/c1-3-4-5-7(9(11)12)15-16(2)8(5)10(13,14)6(3)4/h3-4,6,9H,1-2H3/t3-,4-,6-/m1/s1. The number of fused-ring (bicyclic) bond motifs is 3. The molecule has 88 valence electrons. The minimum absolute atomic E-state index is 0.0972. The summed E-state index contributed by atoms with van der Waals surface area (Å²) in [5.74, 6) is -4.45. The van der Waals surface area contributed by atoms with Gasteiger partial charge in [-0.25, -0.2) is 8.78 Å². The van der Waals surface area contributed by atoms with Crippen molar-refractivity contribution in [1.82, 2.24) is 9.78 Å². The first kappa shape index (κ1) is 10.1. The van der Waals surface area contributed by atoms with Crippen molar-refractivity contribution < 1.29 is 17.6 Å². The molecule has 1 fully saturated rings. The van der Waals surface area contributed by atoms with Crippen molar-refractivity contribution in [2.75, 3.05) is 0 Å². The summed E-state index contributed by atoms with van der Waals surface area (Å²) in [7, 11) is 1.30. The van der Waals surface area contributed by atoms with E-state index in [0.29, 0.717) is 0 Å². The van der Waals surface area contributed by atoms with E-state index >= 15 is 0 Å². The molecule has 3 atom stereocenters. The number of nitrogens with zero attached hydrogens (tertiary/aromatic N) is 2. The predicted octanol–water partition coefficient (Wildman–Crippen LogP) is 2.81. The average molecular weight is 234 g/mol. The van der Waals surface area contributed by atoms with Gasteiger partial charge in [0.05, 0.1) is 0 Å². The van der Waals surface area contributed by atoms with Crippen molar-refractivity contribution in [3.63, 3.8) is 0 Å². The van der Waals surface area contributed by atoms with E-state index in [4.69, 9.17) is 0 Å². The fourth-order valence-electron chi connectivity index (χ4n) is 3.06. The molecule has 1 aromatic heterocycles. The number of hydrogen-bond acceptors (Lipinski definition) is 1. The summed E-state index contributed by atoms with van der Waals surface area (Å²) in [6.07, 6.45) is -2.78. The van der Waals surface area contributed by atoms with Crippen LogP contribution in [0.3, 0.4) is 0 Å². The number of halogens is 4. The molecule has 16 heavy (non-hydrogen) atoms. The zero-order valence-electron chi connectivity index (χ0n) is 8.72. The summed E-state index contributed by atoms with van der Waals surface area (Å²) in [6, 6.07) is 0. The highest BCUT2D eigenvalue weighted by atomic mass is 19.3. The van der Waals surface area contributed by atoms with Crippen molar-refractivity contribution >= 4 is 0 Å². The molecule has 0 aliphatic heterocycles. The normalized spacial score (nSPS) is 34.1. The maximum Gasteiger partial charge on any atom is 0.293 e. The zero-order chi connectivity index (χ0) is 11.8. The van der Waals surface area contributed by atoms with Crippen LogP contribution in [0.1, 0.15) is 36.2 Å². The largest absolute Gasteiger partial charge is 0.293 e. The van der Waals surface area contributed by atoms with Crippen molar-refractivity contribution in [2.24, 2.45) is 18.9 Å². The van der Waals surface area contributed by atoms with E-state index in [1.54, 1.807) is 6.92 Å². The Morgan fingerprint density at radius 2 is 2.00 bits per heavy atom. The van der Waals surface area contributed by atoms with Crippen LogP contribution in [-0.2, 0) is 13.0 Å². The Bertz CT molecular complexity index is 466. The second kappa shape index (κ2) is 2.60. The third-order valence-corrected chi connectivity index (χ3v) is 3.77. The molecule has 0 aromatic carbocycles. The van der Waals surface area contributed by atoms with Gasteiger partial charge in [0, 0.05) is 24.4 Å². The van der Waals surface area contributed by atoms with Gasteiger partial charge in [-0.05, 0) is 5.92 Å². The third-order valence-electron chi connectivity index (χ3n) is 3.77. The Balaban J connectivity index is 2.23. The molecule has 1 heterocycles. The maximum atomic E-state index is 13.9. The van der Waals surface area contributed by atoms with Gasteiger partial charge in [0.1, 0.15) is 11.4 Å². The fourth-order valence-corrected chi connectivity index (χ4v) is 3.06. The van der Waals surface area contributed by atoms with Gasteiger partial charge in [-0.3, -0.25) is 4.68 Å². The molecular weight excluding hydrogens is 224 g/mol. The SMILES string of the molecule is C[C@@H]1[C@@H]2c3c(C(F)F)nn(C)c3C(F)(F)[C@H]12. The molecule has 0 radical (unpaired) electrons. The smallest absolute Gasteiger partial charge is 0.266 e. The van der Waals surface area contributed by atoms with E-state index in [9.17, 15) is 17.6 Å².